The first-order valence-electron chi connectivity index (χ1n) is 4.36. The zero-order valence-corrected chi connectivity index (χ0v) is 8.47. The summed E-state index contributed by atoms with van der Waals surface area (Å²) in [6.07, 6.45) is 0. The molecule has 3 heteroatoms. The Hall–Kier alpha value is -1.12. The van der Waals surface area contributed by atoms with Crippen LogP contribution in [-0.4, -0.2) is 6.61 Å². The first kappa shape index (κ1) is 11.0. The van der Waals surface area contributed by atoms with Gasteiger partial charge in [-0.25, -0.2) is 0 Å². The molecule has 0 bridgehead atoms. The van der Waals surface area contributed by atoms with Crippen LogP contribution in [0.4, 0.5) is 8.78 Å². The van der Waals surface area contributed by atoms with Gasteiger partial charge in [0.15, 0.2) is 0 Å². The van der Waals surface area contributed by atoms with E-state index in [-0.39, 0.29) is 5.75 Å². The van der Waals surface area contributed by atoms with Crippen molar-refractivity contribution < 1.29 is 13.5 Å². The van der Waals surface area contributed by atoms with Crippen molar-refractivity contribution >= 4 is 0 Å². The van der Waals surface area contributed by atoms with E-state index >= 15 is 0 Å². The lowest BCUT2D eigenvalue weighted by molar-refractivity contribution is -0.0502. The molecule has 0 fully saturated rings. The van der Waals surface area contributed by atoms with Crippen molar-refractivity contribution in [3.8, 4) is 5.75 Å². The van der Waals surface area contributed by atoms with Crippen molar-refractivity contribution in [1.29, 1.82) is 0 Å². The third-order valence-electron chi connectivity index (χ3n) is 1.97. The van der Waals surface area contributed by atoms with Gasteiger partial charge in [-0.05, 0) is 30.0 Å². The molecule has 1 radical (unpaired) electrons. The Morgan fingerprint density at radius 3 is 2.36 bits per heavy atom. The van der Waals surface area contributed by atoms with E-state index in [0.717, 1.165) is 17.0 Å². The molecule has 0 N–H and O–H groups in total. The van der Waals surface area contributed by atoms with Crippen LogP contribution in [0.1, 0.15) is 25.0 Å². The van der Waals surface area contributed by atoms with Gasteiger partial charge in [0, 0.05) is 0 Å². The number of halogens is 2. The quantitative estimate of drug-likeness (QED) is 0.723. The first-order chi connectivity index (χ1) is 6.50. The number of benzene rings is 1. The van der Waals surface area contributed by atoms with E-state index in [2.05, 4.69) is 4.74 Å². The number of hydrogen-bond donors (Lipinski definition) is 0. The van der Waals surface area contributed by atoms with Crippen LogP contribution >= 0.6 is 0 Å². The maximum absolute atomic E-state index is 11.9. The van der Waals surface area contributed by atoms with Crippen molar-refractivity contribution in [2.45, 2.75) is 27.4 Å². The van der Waals surface area contributed by atoms with Gasteiger partial charge in [-0.1, -0.05) is 26.0 Å². The van der Waals surface area contributed by atoms with Gasteiger partial charge in [0.1, 0.15) is 5.75 Å². The Labute approximate surface area is 82.7 Å². The largest absolute Gasteiger partial charge is 0.435 e. The highest BCUT2D eigenvalue weighted by Gasteiger charge is 2.08. The van der Waals surface area contributed by atoms with Crippen LogP contribution < -0.4 is 4.74 Å². The molecule has 1 nitrogen and oxygen atoms in total. The van der Waals surface area contributed by atoms with Gasteiger partial charge in [0.25, 0.3) is 0 Å². The van der Waals surface area contributed by atoms with Crippen LogP contribution in [0.25, 0.3) is 0 Å². The van der Waals surface area contributed by atoms with E-state index in [0.29, 0.717) is 0 Å². The Kier molecular flexibility index (Phi) is 3.44. The van der Waals surface area contributed by atoms with Crippen molar-refractivity contribution in [1.82, 2.24) is 0 Å². The molecule has 0 heterocycles. The summed E-state index contributed by atoms with van der Waals surface area (Å²) in [7, 11) is 0. The Balaban J connectivity index is 2.90. The Morgan fingerprint density at radius 1 is 1.29 bits per heavy atom. The topological polar surface area (TPSA) is 9.23 Å². The smallest absolute Gasteiger partial charge is 0.387 e. The summed E-state index contributed by atoms with van der Waals surface area (Å²) in [5, 5.41) is 0. The molecular weight excluding hydrogens is 186 g/mol. The summed E-state index contributed by atoms with van der Waals surface area (Å²) in [5.41, 5.74) is 1.77. The Morgan fingerprint density at radius 2 is 1.93 bits per heavy atom. The second kappa shape index (κ2) is 4.40. The van der Waals surface area contributed by atoms with Gasteiger partial charge >= 0.3 is 6.61 Å². The van der Waals surface area contributed by atoms with Crippen LogP contribution in [0.2, 0.25) is 0 Å². The fourth-order valence-electron chi connectivity index (χ4n) is 1.19. The van der Waals surface area contributed by atoms with E-state index in [1.54, 1.807) is 19.1 Å². The maximum Gasteiger partial charge on any atom is 0.387 e. The molecule has 0 amide bonds. The number of rotatable bonds is 3. The minimum absolute atomic E-state index is 0.241. The summed E-state index contributed by atoms with van der Waals surface area (Å²) in [4.78, 5) is 0. The minimum atomic E-state index is -2.76. The van der Waals surface area contributed by atoms with E-state index in [9.17, 15) is 8.78 Å². The molecule has 0 aromatic heterocycles. The van der Waals surface area contributed by atoms with E-state index in [4.69, 9.17) is 0 Å². The summed E-state index contributed by atoms with van der Waals surface area (Å²) in [6.45, 7) is 2.95. The average molecular weight is 199 g/mol. The summed E-state index contributed by atoms with van der Waals surface area (Å²) < 4.78 is 28.2. The lowest BCUT2D eigenvalue weighted by atomic mass is 10.0. The van der Waals surface area contributed by atoms with E-state index < -0.39 is 6.61 Å². The molecule has 0 atom stereocenters. The molecule has 0 spiro atoms. The molecule has 0 aliphatic carbocycles. The van der Waals surface area contributed by atoms with Gasteiger partial charge in [-0.3, -0.25) is 0 Å². The van der Waals surface area contributed by atoms with Crippen molar-refractivity contribution in [2.24, 2.45) is 0 Å². The van der Waals surface area contributed by atoms with Crippen LogP contribution in [0.5, 0.6) is 5.75 Å². The number of hydrogen-bond acceptors (Lipinski definition) is 1. The van der Waals surface area contributed by atoms with Gasteiger partial charge in [0.05, 0.1) is 0 Å². The van der Waals surface area contributed by atoms with Crippen LogP contribution in [0.15, 0.2) is 18.2 Å². The molecule has 1 aromatic carbocycles. The number of alkyl halides is 2. The van der Waals surface area contributed by atoms with Crippen LogP contribution in [0.3, 0.4) is 0 Å². The second-order valence-electron chi connectivity index (χ2n) is 3.36. The monoisotopic (exact) mass is 199 g/mol. The normalized spacial score (nSPS) is 11.1. The zero-order chi connectivity index (χ0) is 10.7. The summed E-state index contributed by atoms with van der Waals surface area (Å²) in [5.74, 6) is 1.39. The van der Waals surface area contributed by atoms with Crippen LogP contribution in [-0.2, 0) is 0 Å². The van der Waals surface area contributed by atoms with Gasteiger partial charge in [0.2, 0.25) is 0 Å². The minimum Gasteiger partial charge on any atom is -0.435 e. The average Bonchev–Trinajstić information content (AvgIpc) is 2.07. The highest BCUT2D eigenvalue weighted by molar-refractivity contribution is 5.40. The molecule has 0 unspecified atom stereocenters. The molecule has 1 rings (SSSR count). The third-order valence-corrected chi connectivity index (χ3v) is 1.97. The van der Waals surface area contributed by atoms with Crippen molar-refractivity contribution in [3.63, 3.8) is 0 Å². The number of aryl methyl sites for hydroxylation is 1. The van der Waals surface area contributed by atoms with E-state index in [1.807, 2.05) is 19.9 Å². The Bertz CT molecular complexity index is 308. The van der Waals surface area contributed by atoms with E-state index in [1.165, 1.54) is 0 Å². The molecule has 0 saturated heterocycles. The third kappa shape index (κ3) is 2.69. The SMILES string of the molecule is C[C](C)c1ccc(OC(F)F)c(C)c1. The van der Waals surface area contributed by atoms with Gasteiger partial charge in [-0.2, -0.15) is 8.78 Å². The highest BCUT2D eigenvalue weighted by atomic mass is 19.3. The number of ether oxygens (including phenoxy) is 1. The molecule has 1 aromatic rings. The molecular formula is C11H13F2O. The van der Waals surface area contributed by atoms with Crippen molar-refractivity contribution in [3.05, 3.63) is 35.2 Å². The fraction of sp³-hybridized carbons (Fsp3) is 0.364. The molecule has 0 aliphatic rings. The van der Waals surface area contributed by atoms with Gasteiger partial charge in [-0.15, -0.1) is 0 Å². The lowest BCUT2D eigenvalue weighted by Crippen LogP contribution is -2.03. The standard InChI is InChI=1S/C11H13F2O/c1-7(2)9-4-5-10(8(3)6-9)14-11(12)13/h4-6,11H,1-3H3. The molecule has 14 heavy (non-hydrogen) atoms. The predicted molar refractivity (Wildman–Crippen MR) is 51.5 cm³/mol. The zero-order valence-electron chi connectivity index (χ0n) is 8.47. The molecule has 77 valence electrons. The first-order valence-corrected chi connectivity index (χ1v) is 4.36. The lowest BCUT2D eigenvalue weighted by Gasteiger charge is -2.10. The maximum atomic E-state index is 11.9. The summed E-state index contributed by atoms with van der Waals surface area (Å²) >= 11 is 0. The highest BCUT2D eigenvalue weighted by Crippen LogP contribution is 2.24. The summed E-state index contributed by atoms with van der Waals surface area (Å²) in [6, 6.07) is 5.19. The second-order valence-corrected chi connectivity index (χ2v) is 3.36. The van der Waals surface area contributed by atoms with Crippen LogP contribution in [0, 0.1) is 12.8 Å². The molecule has 0 aliphatic heterocycles. The molecule has 0 saturated carbocycles. The van der Waals surface area contributed by atoms with Crippen molar-refractivity contribution in [2.75, 3.05) is 0 Å². The predicted octanol–water partition coefficient (Wildman–Crippen LogP) is 3.56. The fourth-order valence-corrected chi connectivity index (χ4v) is 1.19. The van der Waals surface area contributed by atoms with Gasteiger partial charge < -0.3 is 4.74 Å².